The van der Waals surface area contributed by atoms with E-state index in [1.165, 1.54) is 6.33 Å². The van der Waals surface area contributed by atoms with Crippen molar-refractivity contribution in [3.05, 3.63) is 119 Å². The lowest BCUT2D eigenvalue weighted by atomic mass is 9.98. The predicted molar refractivity (Wildman–Crippen MR) is 156 cm³/mol. The van der Waals surface area contributed by atoms with Crippen LogP contribution in [0.15, 0.2) is 96.3 Å². The Morgan fingerprint density at radius 2 is 1.75 bits per heavy atom. The van der Waals surface area contributed by atoms with E-state index >= 15 is 0 Å². The molecule has 0 aliphatic heterocycles. The SMILES string of the molecule is CCC(Nc1ncnc2ccc(C#N)cc12)c1cc2cccc(-c3cnc(C)nc3)c2c(=O)n1-c1ccccc1. The molecular formula is C32H25N7O. The van der Waals surface area contributed by atoms with Crippen molar-refractivity contribution in [3.8, 4) is 22.9 Å². The molecule has 0 saturated heterocycles. The van der Waals surface area contributed by atoms with Crippen molar-refractivity contribution in [2.24, 2.45) is 0 Å². The first kappa shape index (κ1) is 24.9. The second kappa shape index (κ2) is 10.4. The second-order valence-electron chi connectivity index (χ2n) is 9.51. The molecule has 0 bridgehead atoms. The van der Waals surface area contributed by atoms with Crippen LogP contribution in [0.5, 0.6) is 0 Å². The summed E-state index contributed by atoms with van der Waals surface area (Å²) in [7, 11) is 0. The zero-order valence-corrected chi connectivity index (χ0v) is 22.0. The first-order valence-corrected chi connectivity index (χ1v) is 13.0. The smallest absolute Gasteiger partial charge is 0.263 e. The van der Waals surface area contributed by atoms with Gasteiger partial charge in [-0.3, -0.25) is 9.36 Å². The molecule has 1 N–H and O–H groups in total. The fraction of sp³-hybridized carbons (Fsp3) is 0.125. The molecule has 8 heteroatoms. The van der Waals surface area contributed by atoms with Crippen LogP contribution in [0.2, 0.25) is 0 Å². The van der Waals surface area contributed by atoms with Gasteiger partial charge in [0.2, 0.25) is 0 Å². The van der Waals surface area contributed by atoms with Gasteiger partial charge in [0.15, 0.2) is 0 Å². The number of fused-ring (bicyclic) bond motifs is 2. The number of hydrogen-bond acceptors (Lipinski definition) is 7. The highest BCUT2D eigenvalue weighted by molar-refractivity contribution is 5.96. The molecule has 3 aromatic heterocycles. The summed E-state index contributed by atoms with van der Waals surface area (Å²) in [5, 5.41) is 15.2. The van der Waals surface area contributed by atoms with E-state index in [-0.39, 0.29) is 11.6 Å². The van der Waals surface area contributed by atoms with Gasteiger partial charge in [-0.1, -0.05) is 43.3 Å². The van der Waals surface area contributed by atoms with Crippen molar-refractivity contribution >= 4 is 27.5 Å². The number of pyridine rings is 1. The molecular weight excluding hydrogens is 498 g/mol. The number of hydrogen-bond donors (Lipinski definition) is 1. The number of nitrogens with one attached hydrogen (secondary N) is 1. The molecule has 6 aromatic rings. The van der Waals surface area contributed by atoms with Crippen LogP contribution < -0.4 is 10.9 Å². The Kier molecular flexibility index (Phi) is 6.46. The Labute approximate surface area is 230 Å². The van der Waals surface area contributed by atoms with E-state index < -0.39 is 0 Å². The summed E-state index contributed by atoms with van der Waals surface area (Å²) in [5.41, 5.74) is 4.25. The average Bonchev–Trinajstić information content (AvgIpc) is 3.00. The molecule has 0 amide bonds. The first-order valence-electron chi connectivity index (χ1n) is 13.0. The van der Waals surface area contributed by atoms with Crippen molar-refractivity contribution in [2.75, 3.05) is 5.32 Å². The highest BCUT2D eigenvalue weighted by atomic mass is 16.1. The molecule has 0 spiro atoms. The monoisotopic (exact) mass is 523 g/mol. The second-order valence-corrected chi connectivity index (χ2v) is 9.51. The Hall–Kier alpha value is -5.42. The van der Waals surface area contributed by atoms with Crippen LogP contribution in [0.25, 0.3) is 38.5 Å². The van der Waals surface area contributed by atoms with Gasteiger partial charge in [-0.15, -0.1) is 0 Å². The largest absolute Gasteiger partial charge is 0.361 e. The molecule has 194 valence electrons. The molecule has 3 aromatic carbocycles. The van der Waals surface area contributed by atoms with Gasteiger partial charge in [0.25, 0.3) is 5.56 Å². The molecule has 40 heavy (non-hydrogen) atoms. The standard InChI is InChI=1S/C32H25N7O/c1-3-27(38-31-26-14-21(16-33)12-13-28(26)36-19-37-31)29-15-22-8-7-11-25(23-17-34-20(2)35-18-23)30(22)32(40)39(29)24-9-5-4-6-10-24/h4-15,17-19,27H,3H2,1-2H3,(H,36,37,38). The zero-order valence-electron chi connectivity index (χ0n) is 22.0. The molecule has 1 atom stereocenters. The van der Waals surface area contributed by atoms with Crippen molar-refractivity contribution in [1.82, 2.24) is 24.5 Å². The van der Waals surface area contributed by atoms with Crippen molar-refractivity contribution in [1.29, 1.82) is 5.26 Å². The van der Waals surface area contributed by atoms with Gasteiger partial charge in [0.05, 0.1) is 28.6 Å². The van der Waals surface area contributed by atoms with E-state index in [0.29, 0.717) is 29.0 Å². The zero-order chi connectivity index (χ0) is 27.6. The molecule has 1 unspecified atom stereocenters. The summed E-state index contributed by atoms with van der Waals surface area (Å²) < 4.78 is 1.77. The minimum Gasteiger partial charge on any atom is -0.361 e. The summed E-state index contributed by atoms with van der Waals surface area (Å²) in [4.78, 5) is 32.0. The van der Waals surface area contributed by atoms with E-state index in [9.17, 15) is 10.1 Å². The summed E-state index contributed by atoms with van der Waals surface area (Å²) in [6.07, 6.45) is 5.68. The number of anilines is 1. The van der Waals surface area contributed by atoms with Gasteiger partial charge in [-0.25, -0.2) is 19.9 Å². The molecule has 8 nitrogen and oxygen atoms in total. The van der Waals surface area contributed by atoms with E-state index in [0.717, 1.165) is 38.8 Å². The third kappa shape index (κ3) is 4.44. The van der Waals surface area contributed by atoms with E-state index in [2.05, 4.69) is 44.3 Å². The van der Waals surface area contributed by atoms with E-state index in [4.69, 9.17) is 0 Å². The topological polar surface area (TPSA) is 109 Å². The molecule has 0 aliphatic carbocycles. The Morgan fingerprint density at radius 3 is 2.50 bits per heavy atom. The van der Waals surface area contributed by atoms with Gasteiger partial charge in [-0.05, 0) is 60.7 Å². The number of rotatable bonds is 6. The third-order valence-corrected chi connectivity index (χ3v) is 7.02. The average molecular weight is 524 g/mol. The van der Waals surface area contributed by atoms with Crippen LogP contribution in [-0.4, -0.2) is 24.5 Å². The number of para-hydroxylation sites is 1. The summed E-state index contributed by atoms with van der Waals surface area (Å²) >= 11 is 0. The molecule has 6 rings (SSSR count). The number of nitrogens with zero attached hydrogens (tertiary/aromatic N) is 6. The molecule has 0 aliphatic rings. The van der Waals surface area contributed by atoms with Gasteiger partial charge < -0.3 is 5.32 Å². The quantitative estimate of drug-likeness (QED) is 0.279. The van der Waals surface area contributed by atoms with Gasteiger partial charge in [-0.2, -0.15) is 5.26 Å². The fourth-order valence-corrected chi connectivity index (χ4v) is 5.05. The van der Waals surface area contributed by atoms with E-state index in [1.807, 2.05) is 61.5 Å². The maximum atomic E-state index is 14.4. The van der Waals surface area contributed by atoms with Gasteiger partial charge in [0.1, 0.15) is 18.0 Å². The van der Waals surface area contributed by atoms with Crippen LogP contribution in [-0.2, 0) is 0 Å². The lowest BCUT2D eigenvalue weighted by Gasteiger charge is -2.24. The first-order chi connectivity index (χ1) is 19.6. The van der Waals surface area contributed by atoms with Crippen LogP contribution in [0.1, 0.15) is 36.5 Å². The minimum absolute atomic E-state index is 0.130. The van der Waals surface area contributed by atoms with Crippen molar-refractivity contribution in [2.45, 2.75) is 26.3 Å². The minimum atomic E-state index is -0.271. The summed E-state index contributed by atoms with van der Waals surface area (Å²) in [6, 6.07) is 24.8. The highest BCUT2D eigenvalue weighted by Gasteiger charge is 2.21. The fourth-order valence-electron chi connectivity index (χ4n) is 5.05. The van der Waals surface area contributed by atoms with Crippen LogP contribution in [0.3, 0.4) is 0 Å². The number of benzene rings is 3. The normalized spacial score (nSPS) is 11.8. The van der Waals surface area contributed by atoms with Gasteiger partial charge >= 0.3 is 0 Å². The Morgan fingerprint density at radius 1 is 0.950 bits per heavy atom. The van der Waals surface area contributed by atoms with Crippen molar-refractivity contribution in [3.63, 3.8) is 0 Å². The predicted octanol–water partition coefficient (Wildman–Crippen LogP) is 6.13. The molecule has 0 radical (unpaired) electrons. The maximum Gasteiger partial charge on any atom is 0.263 e. The third-order valence-electron chi connectivity index (χ3n) is 7.02. The summed E-state index contributed by atoms with van der Waals surface area (Å²) in [5.74, 6) is 1.27. The van der Waals surface area contributed by atoms with Crippen LogP contribution in [0.4, 0.5) is 5.82 Å². The van der Waals surface area contributed by atoms with Crippen LogP contribution >= 0.6 is 0 Å². The maximum absolute atomic E-state index is 14.4. The summed E-state index contributed by atoms with van der Waals surface area (Å²) in [6.45, 7) is 3.90. The molecule has 0 fully saturated rings. The van der Waals surface area contributed by atoms with E-state index in [1.54, 1.807) is 29.1 Å². The highest BCUT2D eigenvalue weighted by Crippen LogP contribution is 2.32. The number of nitriles is 1. The van der Waals surface area contributed by atoms with Crippen molar-refractivity contribution < 1.29 is 0 Å². The lowest BCUT2D eigenvalue weighted by molar-refractivity contribution is 0.689. The van der Waals surface area contributed by atoms with Crippen LogP contribution in [0, 0.1) is 18.3 Å². The van der Waals surface area contributed by atoms with Gasteiger partial charge in [0, 0.05) is 34.7 Å². The lowest BCUT2D eigenvalue weighted by Crippen LogP contribution is -2.27. The Bertz CT molecular complexity index is 1960. The Balaban J connectivity index is 1.58. The number of aryl methyl sites for hydroxylation is 1. The number of aromatic nitrogens is 5. The molecule has 0 saturated carbocycles. The molecule has 3 heterocycles.